The number of azide groups is 1. The van der Waals surface area contributed by atoms with Crippen LogP contribution in [0, 0.1) is 0 Å². The van der Waals surface area contributed by atoms with Crippen molar-refractivity contribution in [2.75, 3.05) is 13.3 Å². The molecule has 1 aromatic heterocycles. The van der Waals surface area contributed by atoms with Crippen molar-refractivity contribution in [1.82, 2.24) is 9.55 Å². The van der Waals surface area contributed by atoms with E-state index in [1.54, 1.807) is 0 Å². The van der Waals surface area contributed by atoms with Gasteiger partial charge in [-0.1, -0.05) is 5.11 Å². The molecule has 1 fully saturated rings. The minimum Gasteiger partial charge on any atom is -0.394 e. The third-order valence-corrected chi connectivity index (χ3v) is 3.34. The van der Waals surface area contributed by atoms with Gasteiger partial charge in [0, 0.05) is 29.6 Å². The second kappa shape index (κ2) is 7.20. The fourth-order valence-electron chi connectivity index (χ4n) is 2.25. The summed E-state index contributed by atoms with van der Waals surface area (Å²) in [4.78, 5) is 28.1. The fraction of sp³-hybridized carbons (Fsp3) is 0.636. The van der Waals surface area contributed by atoms with Crippen LogP contribution in [0.5, 0.6) is 0 Å². The van der Waals surface area contributed by atoms with Crippen LogP contribution in [-0.4, -0.2) is 40.2 Å². The van der Waals surface area contributed by atoms with Crippen molar-refractivity contribution in [3.8, 4) is 0 Å². The Hall–Kier alpha value is -2.17. The number of aromatic nitrogens is 2. The molecule has 0 bridgehead atoms. The summed E-state index contributed by atoms with van der Waals surface area (Å²) in [6.45, 7) is -0.551. The van der Waals surface area contributed by atoms with E-state index in [9.17, 15) is 14.7 Å². The molecule has 11 nitrogen and oxygen atoms in total. The summed E-state index contributed by atoms with van der Waals surface area (Å²) in [5.41, 5.74) is 12.7. The second-order valence-corrected chi connectivity index (χ2v) is 4.64. The number of hydrogen-bond donors (Lipinski definition) is 3. The number of aliphatic hydroxyl groups is 1. The quantitative estimate of drug-likeness (QED) is 0.343. The molecule has 0 spiro atoms. The van der Waals surface area contributed by atoms with E-state index in [-0.39, 0.29) is 31.9 Å². The minimum absolute atomic E-state index is 0.0252. The van der Waals surface area contributed by atoms with Gasteiger partial charge in [-0.05, 0) is 5.53 Å². The lowest BCUT2D eigenvalue weighted by molar-refractivity contribution is -0.0613. The maximum absolute atomic E-state index is 11.9. The first-order chi connectivity index (χ1) is 10.6. The summed E-state index contributed by atoms with van der Waals surface area (Å²) in [6.07, 6.45) is -0.347. The third kappa shape index (κ3) is 3.35. The first kappa shape index (κ1) is 16.2. The van der Waals surface area contributed by atoms with Crippen molar-refractivity contribution < 1.29 is 14.6 Å². The zero-order valence-electron chi connectivity index (χ0n) is 11.6. The monoisotopic (exact) mass is 312 g/mol. The van der Waals surface area contributed by atoms with Gasteiger partial charge < -0.3 is 20.3 Å². The maximum atomic E-state index is 11.9. The van der Waals surface area contributed by atoms with Gasteiger partial charge in [-0.15, -0.1) is 0 Å². The lowest BCUT2D eigenvalue weighted by Crippen LogP contribution is -2.35. The molecule has 3 unspecified atom stereocenters. The van der Waals surface area contributed by atoms with Gasteiger partial charge in [0.2, 0.25) is 0 Å². The van der Waals surface area contributed by atoms with Crippen LogP contribution in [0.15, 0.2) is 20.9 Å². The van der Waals surface area contributed by atoms with E-state index in [2.05, 4.69) is 15.0 Å². The lowest BCUT2D eigenvalue weighted by atomic mass is 10.2. The number of nitrogens with one attached hydrogen (secondary N) is 1. The van der Waals surface area contributed by atoms with E-state index < -0.39 is 29.7 Å². The Kier molecular flexibility index (Phi) is 5.31. The van der Waals surface area contributed by atoms with E-state index in [4.69, 9.17) is 20.7 Å². The van der Waals surface area contributed by atoms with Crippen LogP contribution in [0.2, 0.25) is 0 Å². The zero-order valence-corrected chi connectivity index (χ0v) is 11.6. The van der Waals surface area contributed by atoms with Crippen molar-refractivity contribution >= 4 is 0 Å². The van der Waals surface area contributed by atoms with E-state index in [0.717, 1.165) is 0 Å². The topological polar surface area (TPSA) is 168 Å². The van der Waals surface area contributed by atoms with Crippen molar-refractivity contribution in [3.63, 3.8) is 0 Å². The average molecular weight is 312 g/mol. The standard InChI is InChI=1S/C11H16N6O5/c12-2-6-3-17(11(20)15-10(6)19)9-1-7(8(4-18)22-9)21-5-14-16-13/h3,7-9,18H,1-2,4-5,12H2,(H,15,19,20). The van der Waals surface area contributed by atoms with Gasteiger partial charge in [-0.2, -0.15) is 0 Å². The highest BCUT2D eigenvalue weighted by molar-refractivity contribution is 5.04. The SMILES string of the molecule is [N-]=[N+]=NCOC1CC(n2cc(CN)c(=O)[nH]c2=O)OC1CO. The summed E-state index contributed by atoms with van der Waals surface area (Å²) < 4.78 is 12.0. The number of nitrogens with zero attached hydrogens (tertiary/aromatic N) is 4. The molecule has 1 aliphatic rings. The number of rotatable bonds is 6. The Morgan fingerprint density at radius 3 is 3.05 bits per heavy atom. The maximum Gasteiger partial charge on any atom is 0.330 e. The van der Waals surface area contributed by atoms with Gasteiger partial charge in [0.15, 0.2) is 0 Å². The molecule has 2 heterocycles. The van der Waals surface area contributed by atoms with Crippen LogP contribution in [0.25, 0.3) is 10.4 Å². The Bertz CT molecular complexity index is 678. The summed E-state index contributed by atoms with van der Waals surface area (Å²) in [5.74, 6) is 0. The van der Waals surface area contributed by atoms with Crippen molar-refractivity contribution in [2.24, 2.45) is 10.8 Å². The number of H-pyrrole nitrogens is 1. The molecule has 3 atom stereocenters. The lowest BCUT2D eigenvalue weighted by Gasteiger charge is -2.15. The number of aromatic amines is 1. The summed E-state index contributed by atoms with van der Waals surface area (Å²) in [7, 11) is 0. The molecule has 0 amide bonds. The van der Waals surface area contributed by atoms with Crippen LogP contribution in [0.3, 0.4) is 0 Å². The molecule has 1 saturated heterocycles. The predicted octanol–water partition coefficient (Wildman–Crippen LogP) is -1.07. The van der Waals surface area contributed by atoms with Crippen LogP contribution in [0.4, 0.5) is 0 Å². The van der Waals surface area contributed by atoms with E-state index >= 15 is 0 Å². The molecule has 0 aliphatic carbocycles. The average Bonchev–Trinajstić information content (AvgIpc) is 2.91. The van der Waals surface area contributed by atoms with E-state index in [0.29, 0.717) is 0 Å². The molecule has 1 aliphatic heterocycles. The molecule has 11 heteroatoms. The van der Waals surface area contributed by atoms with Crippen LogP contribution >= 0.6 is 0 Å². The van der Waals surface area contributed by atoms with E-state index in [1.165, 1.54) is 10.8 Å². The smallest absolute Gasteiger partial charge is 0.330 e. The third-order valence-electron chi connectivity index (χ3n) is 3.34. The molecule has 120 valence electrons. The molecular formula is C11H16N6O5. The highest BCUT2D eigenvalue weighted by atomic mass is 16.6. The van der Waals surface area contributed by atoms with Gasteiger partial charge >= 0.3 is 5.69 Å². The van der Waals surface area contributed by atoms with Gasteiger partial charge in [0.05, 0.1) is 12.7 Å². The van der Waals surface area contributed by atoms with Crippen LogP contribution in [-0.2, 0) is 16.0 Å². The molecule has 0 saturated carbocycles. The second-order valence-electron chi connectivity index (χ2n) is 4.64. The van der Waals surface area contributed by atoms with E-state index in [1.807, 2.05) is 0 Å². The highest BCUT2D eigenvalue weighted by Gasteiger charge is 2.37. The molecule has 4 N–H and O–H groups in total. The van der Waals surface area contributed by atoms with Crippen molar-refractivity contribution in [3.05, 3.63) is 43.0 Å². The molecule has 2 rings (SSSR count). The molecule has 22 heavy (non-hydrogen) atoms. The Balaban J connectivity index is 2.21. The van der Waals surface area contributed by atoms with Crippen molar-refractivity contribution in [2.45, 2.75) is 31.4 Å². The summed E-state index contributed by atoms with van der Waals surface area (Å²) in [5, 5.41) is 12.5. The van der Waals surface area contributed by atoms with Gasteiger partial charge in [0.25, 0.3) is 5.56 Å². The first-order valence-electron chi connectivity index (χ1n) is 6.54. The van der Waals surface area contributed by atoms with Crippen LogP contribution < -0.4 is 17.0 Å². The predicted molar refractivity (Wildman–Crippen MR) is 73.7 cm³/mol. The number of nitrogens with two attached hydrogens (primary N) is 1. The molecule has 1 aromatic rings. The van der Waals surface area contributed by atoms with Gasteiger partial charge in [0.1, 0.15) is 19.1 Å². The number of ether oxygens (including phenoxy) is 2. The Morgan fingerprint density at radius 2 is 2.41 bits per heavy atom. The zero-order chi connectivity index (χ0) is 16.1. The molecule has 0 radical (unpaired) electrons. The minimum atomic E-state index is -0.720. The van der Waals surface area contributed by atoms with Crippen molar-refractivity contribution in [1.29, 1.82) is 0 Å². The first-order valence-corrected chi connectivity index (χ1v) is 6.54. The van der Waals surface area contributed by atoms with Gasteiger partial charge in [-0.25, -0.2) is 4.79 Å². The normalized spacial score (nSPS) is 24.2. The van der Waals surface area contributed by atoms with Gasteiger partial charge in [-0.3, -0.25) is 14.3 Å². The van der Waals surface area contributed by atoms with Crippen LogP contribution in [0.1, 0.15) is 18.2 Å². The number of hydrogen-bond acceptors (Lipinski definition) is 7. The largest absolute Gasteiger partial charge is 0.394 e. The molecule has 0 aromatic carbocycles. The Morgan fingerprint density at radius 1 is 1.64 bits per heavy atom. The fourth-order valence-corrected chi connectivity index (χ4v) is 2.25. The summed E-state index contributed by atoms with van der Waals surface area (Å²) >= 11 is 0. The number of aliphatic hydroxyl groups excluding tert-OH is 1. The molecular weight excluding hydrogens is 296 g/mol. The highest BCUT2D eigenvalue weighted by Crippen LogP contribution is 2.29. The summed E-state index contributed by atoms with van der Waals surface area (Å²) in [6, 6.07) is 0. The Labute approximate surface area is 123 Å².